The molecule has 5 rings (SSSR count). The molecule has 1 aliphatic carbocycles. The van der Waals surface area contributed by atoms with Crippen LogP contribution in [0.1, 0.15) is 35.2 Å². The Morgan fingerprint density at radius 2 is 2.16 bits per heavy atom. The van der Waals surface area contributed by atoms with Crippen LogP contribution < -0.4 is 10.3 Å². The number of thiophene rings is 1. The molecule has 2 heterocycles. The van der Waals surface area contributed by atoms with Gasteiger partial charge in [-0.05, 0) is 53.7 Å². The van der Waals surface area contributed by atoms with Crippen molar-refractivity contribution in [3.63, 3.8) is 0 Å². The zero-order valence-corrected chi connectivity index (χ0v) is 18.2. The van der Waals surface area contributed by atoms with E-state index in [1.807, 2.05) is 36.4 Å². The number of nitriles is 1. The first-order valence-corrected chi connectivity index (χ1v) is 11.1. The Morgan fingerprint density at radius 3 is 2.97 bits per heavy atom. The zero-order chi connectivity index (χ0) is 21.5. The number of hydrogen-bond acceptors (Lipinski definition) is 5. The molecular formula is C25H21N3O2S. The molecule has 0 unspecified atom stereocenters. The highest BCUT2D eigenvalue weighted by molar-refractivity contribution is 7.18. The minimum absolute atomic E-state index is 0.168. The fourth-order valence-corrected chi connectivity index (χ4v) is 5.76. The van der Waals surface area contributed by atoms with Crippen molar-refractivity contribution in [1.29, 1.82) is 5.26 Å². The van der Waals surface area contributed by atoms with Crippen molar-refractivity contribution in [2.45, 2.75) is 26.2 Å². The SMILES string of the molecule is COc1ccc2ccccc2c1/C=C(\C#N)c1nc2sc3c(c2c(=O)[nH]1)CC[C@H](C)C3. The second kappa shape index (κ2) is 7.68. The molecule has 0 fully saturated rings. The van der Waals surface area contributed by atoms with E-state index in [1.54, 1.807) is 24.5 Å². The summed E-state index contributed by atoms with van der Waals surface area (Å²) in [5.41, 5.74) is 2.06. The Balaban J connectivity index is 1.70. The molecule has 6 heteroatoms. The third kappa shape index (κ3) is 3.31. The number of ether oxygens (including phenoxy) is 1. The van der Waals surface area contributed by atoms with Gasteiger partial charge in [-0.2, -0.15) is 5.26 Å². The van der Waals surface area contributed by atoms with Crippen LogP contribution in [-0.4, -0.2) is 17.1 Å². The third-order valence-electron chi connectivity index (χ3n) is 5.98. The molecule has 4 aromatic rings. The standard InChI is InChI=1S/C25H21N3O2S/c1-14-7-9-18-21(11-14)31-25-22(18)24(29)27-23(28-25)16(13-26)12-19-17-6-4-3-5-15(17)8-10-20(19)30-2/h3-6,8,10,12,14H,7,9,11H2,1-2H3,(H,27,28,29)/b16-12+/t14-/m0/s1. The summed E-state index contributed by atoms with van der Waals surface area (Å²) in [5.74, 6) is 1.57. The number of methoxy groups -OCH3 is 1. The molecule has 31 heavy (non-hydrogen) atoms. The maximum Gasteiger partial charge on any atom is 0.260 e. The van der Waals surface area contributed by atoms with Gasteiger partial charge in [0, 0.05) is 10.4 Å². The Morgan fingerprint density at radius 1 is 1.32 bits per heavy atom. The lowest BCUT2D eigenvalue weighted by atomic mass is 9.89. The van der Waals surface area contributed by atoms with E-state index in [4.69, 9.17) is 9.72 Å². The minimum Gasteiger partial charge on any atom is -0.496 e. The maximum absolute atomic E-state index is 13.0. The topological polar surface area (TPSA) is 78.8 Å². The van der Waals surface area contributed by atoms with Gasteiger partial charge >= 0.3 is 0 Å². The van der Waals surface area contributed by atoms with E-state index >= 15 is 0 Å². The van der Waals surface area contributed by atoms with Crippen LogP contribution in [-0.2, 0) is 12.8 Å². The molecule has 0 spiro atoms. The summed E-state index contributed by atoms with van der Waals surface area (Å²) < 4.78 is 5.55. The van der Waals surface area contributed by atoms with E-state index in [1.165, 1.54) is 4.88 Å². The highest BCUT2D eigenvalue weighted by atomic mass is 32.1. The van der Waals surface area contributed by atoms with Crippen LogP contribution in [0.2, 0.25) is 0 Å². The fraction of sp³-hybridized carbons (Fsp3) is 0.240. The van der Waals surface area contributed by atoms with E-state index < -0.39 is 0 Å². The number of rotatable bonds is 3. The van der Waals surface area contributed by atoms with Gasteiger partial charge in [-0.15, -0.1) is 11.3 Å². The second-order valence-electron chi connectivity index (χ2n) is 8.02. The molecule has 0 amide bonds. The summed E-state index contributed by atoms with van der Waals surface area (Å²) in [6, 6.07) is 14.0. The van der Waals surface area contributed by atoms with Crippen LogP contribution >= 0.6 is 11.3 Å². The normalized spacial score (nSPS) is 16.3. The van der Waals surface area contributed by atoms with Crippen LogP contribution in [0.5, 0.6) is 5.75 Å². The van der Waals surface area contributed by atoms with E-state index in [0.29, 0.717) is 33.3 Å². The number of hydrogen-bond donors (Lipinski definition) is 1. The number of nitrogens with zero attached hydrogens (tertiary/aromatic N) is 2. The lowest BCUT2D eigenvalue weighted by molar-refractivity contribution is 0.414. The summed E-state index contributed by atoms with van der Waals surface area (Å²) in [5, 5.41) is 12.6. The molecule has 1 atom stereocenters. The molecule has 0 aliphatic heterocycles. The zero-order valence-electron chi connectivity index (χ0n) is 17.4. The second-order valence-corrected chi connectivity index (χ2v) is 9.10. The summed E-state index contributed by atoms with van der Waals surface area (Å²) in [6.45, 7) is 2.24. The molecule has 0 saturated heterocycles. The van der Waals surface area contributed by atoms with Crippen molar-refractivity contribution < 1.29 is 4.74 Å². The number of fused-ring (bicyclic) bond motifs is 4. The van der Waals surface area contributed by atoms with Crippen LogP contribution in [0, 0.1) is 17.2 Å². The number of H-pyrrole nitrogens is 1. The number of aryl methyl sites for hydroxylation is 1. The summed E-state index contributed by atoms with van der Waals surface area (Å²) in [6.07, 6.45) is 4.74. The smallest absolute Gasteiger partial charge is 0.260 e. The van der Waals surface area contributed by atoms with E-state index in [9.17, 15) is 10.1 Å². The predicted molar refractivity (Wildman–Crippen MR) is 125 cm³/mol. The Hall–Kier alpha value is -3.43. The van der Waals surface area contributed by atoms with Gasteiger partial charge in [0.25, 0.3) is 5.56 Å². The number of nitrogens with one attached hydrogen (secondary N) is 1. The molecule has 2 aromatic heterocycles. The molecule has 154 valence electrons. The Labute approximate surface area is 183 Å². The first-order chi connectivity index (χ1) is 15.1. The number of benzene rings is 2. The molecule has 0 saturated carbocycles. The fourth-order valence-electron chi connectivity index (χ4n) is 4.38. The van der Waals surface area contributed by atoms with Gasteiger partial charge in [0.05, 0.1) is 18.1 Å². The van der Waals surface area contributed by atoms with Crippen molar-refractivity contribution in [3.8, 4) is 11.8 Å². The summed E-state index contributed by atoms with van der Waals surface area (Å²) in [4.78, 5) is 22.5. The van der Waals surface area contributed by atoms with E-state index in [2.05, 4.69) is 18.0 Å². The first kappa shape index (κ1) is 19.5. The van der Waals surface area contributed by atoms with E-state index in [0.717, 1.165) is 41.2 Å². The minimum atomic E-state index is -0.168. The Bertz CT molecular complexity index is 1460. The van der Waals surface area contributed by atoms with Crippen molar-refractivity contribution in [1.82, 2.24) is 9.97 Å². The quantitative estimate of drug-likeness (QED) is 0.448. The largest absolute Gasteiger partial charge is 0.496 e. The van der Waals surface area contributed by atoms with Gasteiger partial charge in [0.1, 0.15) is 16.6 Å². The highest BCUT2D eigenvalue weighted by Gasteiger charge is 2.23. The number of allylic oxidation sites excluding steroid dienone is 1. The number of aromatic amines is 1. The third-order valence-corrected chi connectivity index (χ3v) is 7.13. The average molecular weight is 428 g/mol. The molecule has 0 radical (unpaired) electrons. The molecule has 0 bridgehead atoms. The van der Waals surface area contributed by atoms with Crippen molar-refractivity contribution in [2.75, 3.05) is 7.11 Å². The van der Waals surface area contributed by atoms with Gasteiger partial charge in [-0.25, -0.2) is 4.98 Å². The molecular weight excluding hydrogens is 406 g/mol. The van der Waals surface area contributed by atoms with Gasteiger partial charge < -0.3 is 9.72 Å². The average Bonchev–Trinajstić information content (AvgIpc) is 3.15. The van der Waals surface area contributed by atoms with Crippen molar-refractivity contribution in [2.24, 2.45) is 5.92 Å². The number of aromatic nitrogens is 2. The summed E-state index contributed by atoms with van der Waals surface area (Å²) >= 11 is 1.58. The predicted octanol–water partition coefficient (Wildman–Crippen LogP) is 5.34. The monoisotopic (exact) mass is 427 g/mol. The Kier molecular flexibility index (Phi) is 4.84. The maximum atomic E-state index is 13.0. The molecule has 5 nitrogen and oxygen atoms in total. The van der Waals surface area contributed by atoms with Crippen molar-refractivity contribution in [3.05, 3.63) is 68.6 Å². The van der Waals surface area contributed by atoms with E-state index in [-0.39, 0.29) is 5.56 Å². The van der Waals surface area contributed by atoms with Gasteiger partial charge in [0.15, 0.2) is 5.82 Å². The van der Waals surface area contributed by atoms with Crippen molar-refractivity contribution >= 4 is 44.0 Å². The van der Waals surface area contributed by atoms with Crippen LogP contribution in [0.25, 0.3) is 32.6 Å². The highest BCUT2D eigenvalue weighted by Crippen LogP contribution is 2.36. The molecule has 1 aliphatic rings. The first-order valence-electron chi connectivity index (χ1n) is 10.3. The molecule has 1 N–H and O–H groups in total. The van der Waals surface area contributed by atoms with Gasteiger partial charge in [-0.3, -0.25) is 4.79 Å². The van der Waals surface area contributed by atoms with Crippen LogP contribution in [0.4, 0.5) is 0 Å². The van der Waals surface area contributed by atoms with Gasteiger partial charge in [-0.1, -0.05) is 37.3 Å². The van der Waals surface area contributed by atoms with Gasteiger partial charge in [0.2, 0.25) is 0 Å². The molecule has 2 aromatic carbocycles. The lowest BCUT2D eigenvalue weighted by Crippen LogP contribution is -2.14. The summed E-state index contributed by atoms with van der Waals surface area (Å²) in [7, 11) is 1.61. The van der Waals surface area contributed by atoms with Crippen LogP contribution in [0.15, 0.2) is 41.2 Å². The van der Waals surface area contributed by atoms with Crippen LogP contribution in [0.3, 0.4) is 0 Å². The lowest BCUT2D eigenvalue weighted by Gasteiger charge is -2.17.